The van der Waals surface area contributed by atoms with E-state index >= 15 is 0 Å². The van der Waals surface area contributed by atoms with Crippen LogP contribution in [0, 0.1) is 5.82 Å². The average molecular weight is 195 g/mol. The number of rotatable bonds is 1. The fourth-order valence-electron chi connectivity index (χ4n) is 0.946. The first-order valence-corrected chi connectivity index (χ1v) is 4.36. The van der Waals surface area contributed by atoms with E-state index in [4.69, 9.17) is 5.73 Å². The maximum Gasteiger partial charge on any atom is 0.145 e. The van der Waals surface area contributed by atoms with Crippen LogP contribution in [0.15, 0.2) is 23.3 Å². The maximum atomic E-state index is 12.5. The molecule has 0 aromatic carbocycles. The Bertz CT molecular complexity index is 335. The van der Waals surface area contributed by atoms with Crippen molar-refractivity contribution in [1.82, 2.24) is 4.98 Å². The summed E-state index contributed by atoms with van der Waals surface area (Å²) in [4.78, 5) is 8.05. The number of aliphatic imine (C=N–C) groups is 1. The highest BCUT2D eigenvalue weighted by Gasteiger charge is 2.09. The van der Waals surface area contributed by atoms with Crippen molar-refractivity contribution in [3.8, 4) is 0 Å². The Morgan fingerprint density at radius 3 is 2.50 bits per heavy atom. The van der Waals surface area contributed by atoms with Crippen LogP contribution < -0.4 is 5.73 Å². The van der Waals surface area contributed by atoms with Crippen molar-refractivity contribution in [3.05, 3.63) is 29.8 Å². The Kier molecular flexibility index (Phi) is 2.84. The molecule has 0 amide bonds. The van der Waals surface area contributed by atoms with E-state index in [1.165, 1.54) is 12.1 Å². The van der Waals surface area contributed by atoms with Crippen molar-refractivity contribution in [2.24, 2.45) is 10.7 Å². The van der Waals surface area contributed by atoms with Gasteiger partial charge in [-0.2, -0.15) is 0 Å². The SMILES string of the molecule is CC(C)(C)N=C(N)c1ccc(F)cn1. The molecule has 1 heterocycles. The molecule has 76 valence electrons. The van der Waals surface area contributed by atoms with Gasteiger partial charge in [0.25, 0.3) is 0 Å². The fourth-order valence-corrected chi connectivity index (χ4v) is 0.946. The molecule has 0 aliphatic rings. The lowest BCUT2D eigenvalue weighted by Gasteiger charge is -2.13. The second-order valence-corrected chi connectivity index (χ2v) is 4.03. The van der Waals surface area contributed by atoms with Crippen LogP contribution >= 0.6 is 0 Å². The summed E-state index contributed by atoms with van der Waals surface area (Å²) in [6.45, 7) is 5.80. The van der Waals surface area contributed by atoms with Gasteiger partial charge in [0, 0.05) is 0 Å². The molecule has 1 aromatic heterocycles. The van der Waals surface area contributed by atoms with E-state index < -0.39 is 0 Å². The van der Waals surface area contributed by atoms with Gasteiger partial charge in [-0.3, -0.25) is 4.99 Å². The molecule has 0 saturated heterocycles. The minimum Gasteiger partial charge on any atom is -0.382 e. The molecular weight excluding hydrogens is 181 g/mol. The van der Waals surface area contributed by atoms with Gasteiger partial charge in [-0.1, -0.05) is 0 Å². The number of hydrogen-bond acceptors (Lipinski definition) is 2. The molecule has 0 spiro atoms. The Balaban J connectivity index is 2.95. The highest BCUT2D eigenvalue weighted by Crippen LogP contribution is 2.08. The highest BCUT2D eigenvalue weighted by molar-refractivity contribution is 5.95. The molecule has 0 fully saturated rings. The second kappa shape index (κ2) is 3.74. The lowest BCUT2D eigenvalue weighted by Crippen LogP contribution is -2.22. The van der Waals surface area contributed by atoms with Crippen molar-refractivity contribution < 1.29 is 4.39 Å². The van der Waals surface area contributed by atoms with Crippen molar-refractivity contribution in [1.29, 1.82) is 0 Å². The van der Waals surface area contributed by atoms with Crippen LogP contribution in [0.25, 0.3) is 0 Å². The minimum absolute atomic E-state index is 0.250. The number of hydrogen-bond donors (Lipinski definition) is 1. The van der Waals surface area contributed by atoms with Gasteiger partial charge in [0.15, 0.2) is 0 Å². The van der Waals surface area contributed by atoms with Crippen LogP contribution in [0.3, 0.4) is 0 Å². The smallest absolute Gasteiger partial charge is 0.145 e. The molecule has 0 saturated carbocycles. The zero-order valence-electron chi connectivity index (χ0n) is 8.58. The van der Waals surface area contributed by atoms with E-state index in [-0.39, 0.29) is 11.4 Å². The zero-order valence-corrected chi connectivity index (χ0v) is 8.58. The third kappa shape index (κ3) is 3.12. The first kappa shape index (κ1) is 10.6. The van der Waals surface area contributed by atoms with E-state index in [1.54, 1.807) is 0 Å². The Labute approximate surface area is 82.9 Å². The van der Waals surface area contributed by atoms with Gasteiger partial charge in [-0.25, -0.2) is 9.37 Å². The predicted octanol–water partition coefficient (Wildman–Crippen LogP) is 1.72. The predicted molar refractivity (Wildman–Crippen MR) is 54.7 cm³/mol. The molecule has 0 radical (unpaired) electrons. The van der Waals surface area contributed by atoms with Crippen LogP contribution in [0.4, 0.5) is 4.39 Å². The summed E-state index contributed by atoms with van der Waals surface area (Å²) in [6.07, 6.45) is 1.13. The van der Waals surface area contributed by atoms with Crippen LogP contribution in [0.2, 0.25) is 0 Å². The number of pyridine rings is 1. The van der Waals surface area contributed by atoms with E-state index in [0.29, 0.717) is 11.5 Å². The monoisotopic (exact) mass is 195 g/mol. The molecule has 0 unspecified atom stereocenters. The molecule has 0 bridgehead atoms. The number of aromatic nitrogens is 1. The van der Waals surface area contributed by atoms with Gasteiger partial charge in [-0.05, 0) is 32.9 Å². The van der Waals surface area contributed by atoms with E-state index in [9.17, 15) is 4.39 Å². The quantitative estimate of drug-likeness (QED) is 0.548. The normalized spacial score (nSPS) is 13.0. The van der Waals surface area contributed by atoms with Gasteiger partial charge in [0.05, 0.1) is 11.7 Å². The second-order valence-electron chi connectivity index (χ2n) is 4.03. The summed E-state index contributed by atoms with van der Waals surface area (Å²) in [6, 6.07) is 2.83. The molecule has 2 N–H and O–H groups in total. The third-order valence-electron chi connectivity index (χ3n) is 1.45. The van der Waals surface area contributed by atoms with Crippen LogP contribution in [0.1, 0.15) is 26.5 Å². The highest BCUT2D eigenvalue weighted by atomic mass is 19.1. The molecule has 1 rings (SSSR count). The van der Waals surface area contributed by atoms with Crippen molar-refractivity contribution in [2.75, 3.05) is 0 Å². The van der Waals surface area contributed by atoms with Crippen LogP contribution in [-0.4, -0.2) is 16.4 Å². The Hall–Kier alpha value is -1.45. The minimum atomic E-state index is -0.377. The molecule has 0 atom stereocenters. The van der Waals surface area contributed by atoms with E-state index in [2.05, 4.69) is 9.98 Å². The molecule has 0 aliphatic carbocycles. The summed E-state index contributed by atoms with van der Waals surface area (Å²) >= 11 is 0. The number of halogens is 1. The van der Waals surface area contributed by atoms with Gasteiger partial charge in [-0.15, -0.1) is 0 Å². The summed E-state index contributed by atoms with van der Waals surface area (Å²) < 4.78 is 12.5. The summed E-state index contributed by atoms with van der Waals surface area (Å²) in [5.74, 6) is -0.0465. The zero-order chi connectivity index (χ0) is 10.8. The molecule has 1 aromatic rings. The maximum absolute atomic E-state index is 12.5. The van der Waals surface area contributed by atoms with Crippen molar-refractivity contribution in [2.45, 2.75) is 26.3 Å². The van der Waals surface area contributed by atoms with Crippen molar-refractivity contribution in [3.63, 3.8) is 0 Å². The molecule has 4 heteroatoms. The van der Waals surface area contributed by atoms with Gasteiger partial charge in [0.1, 0.15) is 17.3 Å². The van der Waals surface area contributed by atoms with Gasteiger partial charge in [0.2, 0.25) is 0 Å². The van der Waals surface area contributed by atoms with Crippen molar-refractivity contribution >= 4 is 5.84 Å². The first-order chi connectivity index (χ1) is 6.38. The molecule has 3 nitrogen and oxygen atoms in total. The van der Waals surface area contributed by atoms with E-state index in [0.717, 1.165) is 6.20 Å². The number of amidine groups is 1. The largest absolute Gasteiger partial charge is 0.382 e. The van der Waals surface area contributed by atoms with Crippen LogP contribution in [-0.2, 0) is 0 Å². The standard InChI is InChI=1S/C10H14FN3/c1-10(2,3)14-9(12)8-5-4-7(11)6-13-8/h4-6H,1-3H3,(H2,12,14). The lowest BCUT2D eigenvalue weighted by atomic mass is 10.1. The fraction of sp³-hybridized carbons (Fsp3) is 0.400. The van der Waals surface area contributed by atoms with Gasteiger partial charge < -0.3 is 5.73 Å². The lowest BCUT2D eigenvalue weighted by molar-refractivity contribution is 0.583. The summed E-state index contributed by atoms with van der Waals surface area (Å²) in [5.41, 5.74) is 5.95. The summed E-state index contributed by atoms with van der Waals surface area (Å²) in [7, 11) is 0. The van der Waals surface area contributed by atoms with Crippen LogP contribution in [0.5, 0.6) is 0 Å². The first-order valence-electron chi connectivity index (χ1n) is 4.36. The molecular formula is C10H14FN3. The Morgan fingerprint density at radius 1 is 1.43 bits per heavy atom. The topological polar surface area (TPSA) is 51.3 Å². The average Bonchev–Trinajstić information content (AvgIpc) is 2.02. The van der Waals surface area contributed by atoms with Gasteiger partial charge >= 0.3 is 0 Å². The summed E-state index contributed by atoms with van der Waals surface area (Å²) in [5, 5.41) is 0. The Morgan fingerprint density at radius 2 is 2.07 bits per heavy atom. The van der Waals surface area contributed by atoms with E-state index in [1.807, 2.05) is 20.8 Å². The molecule has 14 heavy (non-hydrogen) atoms. The number of nitrogens with two attached hydrogens (primary N) is 1. The number of nitrogens with zero attached hydrogens (tertiary/aromatic N) is 2. The molecule has 0 aliphatic heterocycles. The third-order valence-corrected chi connectivity index (χ3v) is 1.45.